The number of nitrogen functional groups attached to an aromatic ring is 1. The second-order valence-electron chi connectivity index (χ2n) is 5.15. The van der Waals surface area contributed by atoms with Crippen molar-refractivity contribution >= 4 is 5.82 Å². The molecule has 20 heavy (non-hydrogen) atoms. The highest BCUT2D eigenvalue weighted by Gasteiger charge is 2.38. The number of rotatable bonds is 2. The zero-order valence-corrected chi connectivity index (χ0v) is 10.9. The number of hydrogen-bond acceptors (Lipinski definition) is 4. The lowest BCUT2D eigenvalue weighted by Gasteiger charge is -2.27. The van der Waals surface area contributed by atoms with Gasteiger partial charge >= 0.3 is 0 Å². The van der Waals surface area contributed by atoms with Gasteiger partial charge in [0, 0.05) is 25.0 Å². The molecule has 0 bridgehead atoms. The van der Waals surface area contributed by atoms with Crippen LogP contribution in [0, 0.1) is 0 Å². The molecule has 1 aliphatic rings. The standard InChI is InChI=1S/C14H15F2N3O/c15-14(16)6-4-9(5-7-14)12-11(13(17)19-20-12)10-3-1-2-8-18-10/h1-3,8-9H,4-7H2,(H2,17,19). The third kappa shape index (κ3) is 2.37. The Morgan fingerprint density at radius 1 is 1.25 bits per heavy atom. The van der Waals surface area contributed by atoms with Gasteiger partial charge in [-0.2, -0.15) is 0 Å². The quantitative estimate of drug-likeness (QED) is 0.912. The van der Waals surface area contributed by atoms with Crippen molar-refractivity contribution in [1.82, 2.24) is 10.1 Å². The average Bonchev–Trinajstić information content (AvgIpc) is 2.82. The Balaban J connectivity index is 1.92. The smallest absolute Gasteiger partial charge is 0.248 e. The molecule has 1 fully saturated rings. The average molecular weight is 279 g/mol. The van der Waals surface area contributed by atoms with E-state index in [-0.39, 0.29) is 24.6 Å². The van der Waals surface area contributed by atoms with E-state index in [1.165, 1.54) is 0 Å². The first-order chi connectivity index (χ1) is 9.57. The fraction of sp³-hybridized carbons (Fsp3) is 0.429. The molecule has 3 rings (SSSR count). The van der Waals surface area contributed by atoms with Crippen LogP contribution in [0.5, 0.6) is 0 Å². The molecular weight excluding hydrogens is 264 g/mol. The first kappa shape index (κ1) is 13.0. The van der Waals surface area contributed by atoms with Crippen LogP contribution < -0.4 is 5.73 Å². The van der Waals surface area contributed by atoms with Crippen molar-refractivity contribution in [2.24, 2.45) is 0 Å². The van der Waals surface area contributed by atoms with Gasteiger partial charge in [-0.05, 0) is 25.0 Å². The molecule has 0 amide bonds. The Hall–Kier alpha value is -1.98. The van der Waals surface area contributed by atoms with E-state index < -0.39 is 5.92 Å². The topological polar surface area (TPSA) is 64.9 Å². The van der Waals surface area contributed by atoms with E-state index in [2.05, 4.69) is 10.1 Å². The van der Waals surface area contributed by atoms with Gasteiger partial charge in [0.1, 0.15) is 0 Å². The molecule has 0 radical (unpaired) electrons. The molecule has 1 aliphatic carbocycles. The summed E-state index contributed by atoms with van der Waals surface area (Å²) in [5.74, 6) is -1.79. The summed E-state index contributed by atoms with van der Waals surface area (Å²) in [6.07, 6.45) is 2.16. The van der Waals surface area contributed by atoms with Crippen molar-refractivity contribution in [3.8, 4) is 11.3 Å². The molecule has 0 aromatic carbocycles. The Morgan fingerprint density at radius 3 is 2.65 bits per heavy atom. The van der Waals surface area contributed by atoms with E-state index in [0.29, 0.717) is 29.9 Å². The summed E-state index contributed by atoms with van der Waals surface area (Å²) in [5, 5.41) is 3.78. The molecule has 0 saturated heterocycles. The van der Waals surface area contributed by atoms with Crippen LogP contribution in [0.25, 0.3) is 11.3 Å². The van der Waals surface area contributed by atoms with Gasteiger partial charge < -0.3 is 10.3 Å². The maximum absolute atomic E-state index is 13.2. The minimum atomic E-state index is -2.56. The monoisotopic (exact) mass is 279 g/mol. The molecule has 0 spiro atoms. The first-order valence-corrected chi connectivity index (χ1v) is 6.61. The molecule has 6 heteroatoms. The fourth-order valence-corrected chi connectivity index (χ4v) is 2.66. The number of alkyl halides is 2. The van der Waals surface area contributed by atoms with Crippen molar-refractivity contribution in [2.45, 2.75) is 37.5 Å². The molecule has 0 atom stereocenters. The molecule has 2 N–H and O–H groups in total. The predicted molar refractivity (Wildman–Crippen MR) is 70.3 cm³/mol. The lowest BCUT2D eigenvalue weighted by molar-refractivity contribution is -0.0398. The largest absolute Gasteiger partial charge is 0.380 e. The Morgan fingerprint density at radius 2 is 2.00 bits per heavy atom. The highest BCUT2D eigenvalue weighted by atomic mass is 19.3. The lowest BCUT2D eigenvalue weighted by Crippen LogP contribution is -2.23. The molecule has 0 aliphatic heterocycles. The highest BCUT2D eigenvalue weighted by Crippen LogP contribution is 2.44. The van der Waals surface area contributed by atoms with Gasteiger partial charge in [0.2, 0.25) is 5.92 Å². The van der Waals surface area contributed by atoms with Crippen LogP contribution in [0.15, 0.2) is 28.9 Å². The van der Waals surface area contributed by atoms with Crippen LogP contribution in [-0.2, 0) is 0 Å². The van der Waals surface area contributed by atoms with Crippen LogP contribution in [0.2, 0.25) is 0 Å². The third-order valence-corrected chi connectivity index (χ3v) is 3.75. The molecule has 2 aromatic rings. The fourth-order valence-electron chi connectivity index (χ4n) is 2.66. The number of halogens is 2. The van der Waals surface area contributed by atoms with Crippen molar-refractivity contribution in [1.29, 1.82) is 0 Å². The molecule has 2 aromatic heterocycles. The van der Waals surface area contributed by atoms with Crippen LogP contribution >= 0.6 is 0 Å². The maximum Gasteiger partial charge on any atom is 0.248 e. The predicted octanol–water partition coefficient (Wildman–Crippen LogP) is 3.61. The second-order valence-corrected chi connectivity index (χ2v) is 5.15. The lowest BCUT2D eigenvalue weighted by atomic mass is 9.83. The van der Waals surface area contributed by atoms with Gasteiger partial charge in [0.05, 0.1) is 11.3 Å². The first-order valence-electron chi connectivity index (χ1n) is 6.61. The van der Waals surface area contributed by atoms with Crippen molar-refractivity contribution in [3.63, 3.8) is 0 Å². The summed E-state index contributed by atoms with van der Waals surface area (Å²) in [5.41, 5.74) is 7.15. The summed E-state index contributed by atoms with van der Waals surface area (Å²) in [6, 6.07) is 5.45. The summed E-state index contributed by atoms with van der Waals surface area (Å²) >= 11 is 0. The Kier molecular flexibility index (Phi) is 3.16. The number of anilines is 1. The van der Waals surface area contributed by atoms with Crippen molar-refractivity contribution in [2.75, 3.05) is 5.73 Å². The van der Waals surface area contributed by atoms with E-state index in [0.717, 1.165) is 0 Å². The summed E-state index contributed by atoms with van der Waals surface area (Å²) in [7, 11) is 0. The molecule has 106 valence electrons. The third-order valence-electron chi connectivity index (χ3n) is 3.75. The number of aromatic nitrogens is 2. The van der Waals surface area contributed by atoms with Crippen LogP contribution in [-0.4, -0.2) is 16.1 Å². The number of pyridine rings is 1. The van der Waals surface area contributed by atoms with Gasteiger partial charge in [-0.3, -0.25) is 4.98 Å². The van der Waals surface area contributed by atoms with Gasteiger partial charge in [0.15, 0.2) is 11.6 Å². The zero-order chi connectivity index (χ0) is 14.2. The highest BCUT2D eigenvalue weighted by molar-refractivity contribution is 5.73. The summed E-state index contributed by atoms with van der Waals surface area (Å²) < 4.78 is 31.8. The van der Waals surface area contributed by atoms with Gasteiger partial charge in [-0.25, -0.2) is 8.78 Å². The Bertz CT molecular complexity index is 588. The second kappa shape index (κ2) is 4.85. The zero-order valence-electron chi connectivity index (χ0n) is 10.9. The van der Waals surface area contributed by atoms with Gasteiger partial charge in [0.25, 0.3) is 0 Å². The molecule has 1 saturated carbocycles. The molecule has 2 heterocycles. The minimum Gasteiger partial charge on any atom is -0.380 e. The van der Waals surface area contributed by atoms with Crippen LogP contribution in [0.3, 0.4) is 0 Å². The van der Waals surface area contributed by atoms with E-state index in [9.17, 15) is 8.78 Å². The normalized spacial score (nSPS) is 19.1. The maximum atomic E-state index is 13.2. The van der Waals surface area contributed by atoms with Gasteiger partial charge in [-0.1, -0.05) is 11.2 Å². The van der Waals surface area contributed by atoms with Crippen LogP contribution in [0.4, 0.5) is 14.6 Å². The molecule has 4 nitrogen and oxygen atoms in total. The van der Waals surface area contributed by atoms with Crippen molar-refractivity contribution < 1.29 is 13.3 Å². The number of nitrogens with zero attached hydrogens (tertiary/aromatic N) is 2. The van der Waals surface area contributed by atoms with Crippen LogP contribution in [0.1, 0.15) is 37.4 Å². The Labute approximate surface area is 115 Å². The van der Waals surface area contributed by atoms with Crippen molar-refractivity contribution in [3.05, 3.63) is 30.2 Å². The van der Waals surface area contributed by atoms with E-state index in [1.54, 1.807) is 12.3 Å². The summed E-state index contributed by atoms with van der Waals surface area (Å²) in [6.45, 7) is 0. The number of nitrogens with two attached hydrogens (primary N) is 1. The van der Waals surface area contributed by atoms with E-state index in [1.807, 2.05) is 12.1 Å². The SMILES string of the molecule is Nc1noc(C2CCC(F)(F)CC2)c1-c1ccccn1. The van der Waals surface area contributed by atoms with E-state index in [4.69, 9.17) is 10.3 Å². The minimum absolute atomic E-state index is 0.0727. The molecule has 0 unspecified atom stereocenters. The number of hydrogen-bond donors (Lipinski definition) is 1. The molecular formula is C14H15F2N3O. The summed E-state index contributed by atoms with van der Waals surface area (Å²) in [4.78, 5) is 4.24. The van der Waals surface area contributed by atoms with E-state index >= 15 is 0 Å². The van der Waals surface area contributed by atoms with Gasteiger partial charge in [-0.15, -0.1) is 0 Å².